The van der Waals surface area contributed by atoms with Gasteiger partial charge >= 0.3 is 0 Å². The molecule has 1 aromatic rings. The van der Waals surface area contributed by atoms with E-state index in [2.05, 4.69) is 48.0 Å². The van der Waals surface area contributed by atoms with Gasteiger partial charge in [0.1, 0.15) is 0 Å². The van der Waals surface area contributed by atoms with Gasteiger partial charge in [0.15, 0.2) is 0 Å². The van der Waals surface area contributed by atoms with Gasteiger partial charge in [-0.25, -0.2) is 0 Å². The third kappa shape index (κ3) is 2.27. The molecular weight excluding hydrogens is 232 g/mol. The lowest BCUT2D eigenvalue weighted by atomic mass is 10.2. The zero-order valence-electron chi connectivity index (χ0n) is 7.43. The van der Waals surface area contributed by atoms with Gasteiger partial charge in [0, 0.05) is 9.37 Å². The van der Waals surface area contributed by atoms with E-state index in [1.54, 1.807) is 0 Å². The van der Waals surface area contributed by atoms with Gasteiger partial charge in [-0.2, -0.15) is 0 Å². The highest BCUT2D eigenvalue weighted by Crippen LogP contribution is 2.28. The van der Waals surface area contributed by atoms with Gasteiger partial charge in [-0.15, -0.1) is 11.8 Å². The molecule has 0 bridgehead atoms. The number of hydrogen-bond acceptors (Lipinski definition) is 1. The van der Waals surface area contributed by atoms with Gasteiger partial charge in [-0.05, 0) is 29.9 Å². The topological polar surface area (TPSA) is 0 Å². The average Bonchev–Trinajstić information content (AvgIpc) is 2.05. The second-order valence-corrected chi connectivity index (χ2v) is 4.66. The number of hydrogen-bond donors (Lipinski definition) is 0. The maximum Gasteiger partial charge on any atom is 0.0218 e. The Balaban J connectivity index is 3.00. The average molecular weight is 245 g/mol. The Morgan fingerprint density at radius 3 is 2.67 bits per heavy atom. The van der Waals surface area contributed by atoms with E-state index in [-0.39, 0.29) is 0 Å². The summed E-state index contributed by atoms with van der Waals surface area (Å²) >= 11 is 5.47. The van der Waals surface area contributed by atoms with Crippen LogP contribution < -0.4 is 0 Å². The molecule has 2 heteroatoms. The molecule has 0 saturated carbocycles. The summed E-state index contributed by atoms with van der Waals surface area (Å²) in [7, 11) is 0. The Morgan fingerprint density at radius 1 is 1.33 bits per heavy atom. The van der Waals surface area contributed by atoms with Crippen LogP contribution in [0.3, 0.4) is 0 Å². The molecule has 0 nitrogen and oxygen atoms in total. The molecule has 0 aromatic heterocycles. The third-order valence-corrected chi connectivity index (χ3v) is 3.45. The van der Waals surface area contributed by atoms with Crippen molar-refractivity contribution in [1.82, 2.24) is 0 Å². The molecule has 0 atom stereocenters. The van der Waals surface area contributed by atoms with Crippen LogP contribution in [-0.2, 0) is 6.42 Å². The summed E-state index contributed by atoms with van der Waals surface area (Å²) in [5.74, 6) is 1.14. The molecular formula is C10H13BrS. The fraction of sp³-hybridized carbons (Fsp3) is 0.400. The van der Waals surface area contributed by atoms with Crippen molar-refractivity contribution in [2.75, 3.05) is 5.75 Å². The molecule has 0 spiro atoms. The van der Waals surface area contributed by atoms with Crippen molar-refractivity contribution in [1.29, 1.82) is 0 Å². The van der Waals surface area contributed by atoms with Crippen LogP contribution in [0.1, 0.15) is 19.4 Å². The van der Waals surface area contributed by atoms with Crippen molar-refractivity contribution in [3.8, 4) is 0 Å². The van der Waals surface area contributed by atoms with Crippen molar-refractivity contribution >= 4 is 27.7 Å². The van der Waals surface area contributed by atoms with Crippen LogP contribution in [-0.4, -0.2) is 5.75 Å². The molecule has 1 aromatic carbocycles. The second kappa shape index (κ2) is 4.93. The van der Waals surface area contributed by atoms with E-state index in [0.29, 0.717) is 0 Å². The molecule has 0 aliphatic carbocycles. The molecule has 0 aliphatic heterocycles. The summed E-state index contributed by atoms with van der Waals surface area (Å²) in [4.78, 5) is 1.41. The van der Waals surface area contributed by atoms with Crippen molar-refractivity contribution < 1.29 is 0 Å². The fourth-order valence-corrected chi connectivity index (χ4v) is 2.86. The summed E-state index contributed by atoms with van der Waals surface area (Å²) in [6, 6.07) is 6.40. The van der Waals surface area contributed by atoms with Gasteiger partial charge in [-0.1, -0.05) is 35.8 Å². The van der Waals surface area contributed by atoms with Crippen molar-refractivity contribution in [2.24, 2.45) is 0 Å². The van der Waals surface area contributed by atoms with Gasteiger partial charge < -0.3 is 0 Å². The molecule has 0 unspecified atom stereocenters. The maximum atomic E-state index is 3.56. The van der Waals surface area contributed by atoms with E-state index in [0.717, 1.165) is 12.2 Å². The Kier molecular flexibility index (Phi) is 4.16. The molecule has 0 saturated heterocycles. The summed E-state index contributed by atoms with van der Waals surface area (Å²) in [6.07, 6.45) is 1.10. The van der Waals surface area contributed by atoms with E-state index in [1.807, 2.05) is 11.8 Å². The first-order chi connectivity index (χ1) is 5.79. The predicted octanol–water partition coefficient (Wildman–Crippen LogP) is 4.12. The van der Waals surface area contributed by atoms with Crippen LogP contribution in [0.2, 0.25) is 0 Å². The van der Waals surface area contributed by atoms with Crippen LogP contribution in [0.5, 0.6) is 0 Å². The Morgan fingerprint density at radius 2 is 2.08 bits per heavy atom. The summed E-state index contributed by atoms with van der Waals surface area (Å²) < 4.78 is 1.24. The van der Waals surface area contributed by atoms with Crippen LogP contribution in [0.15, 0.2) is 27.6 Å². The Hall–Kier alpha value is 0.0500. The molecule has 0 aliphatic rings. The van der Waals surface area contributed by atoms with E-state index < -0.39 is 0 Å². The third-order valence-electron chi connectivity index (χ3n) is 1.73. The summed E-state index contributed by atoms with van der Waals surface area (Å²) in [6.45, 7) is 4.38. The molecule has 0 radical (unpaired) electrons. The summed E-state index contributed by atoms with van der Waals surface area (Å²) in [5.41, 5.74) is 1.43. The Bertz CT molecular complexity index is 258. The maximum absolute atomic E-state index is 3.56. The predicted molar refractivity (Wildman–Crippen MR) is 59.9 cm³/mol. The number of benzene rings is 1. The highest BCUT2D eigenvalue weighted by molar-refractivity contribution is 9.10. The molecule has 1 rings (SSSR count). The van der Waals surface area contributed by atoms with E-state index in [9.17, 15) is 0 Å². The SMILES string of the molecule is CCSc1cccc(Br)c1CC. The minimum atomic E-state index is 1.10. The molecule has 12 heavy (non-hydrogen) atoms. The molecule has 0 amide bonds. The minimum Gasteiger partial charge on any atom is -0.126 e. The lowest BCUT2D eigenvalue weighted by molar-refractivity contribution is 1.07. The number of thioether (sulfide) groups is 1. The van der Waals surface area contributed by atoms with E-state index in [4.69, 9.17) is 0 Å². The van der Waals surface area contributed by atoms with Crippen LogP contribution >= 0.6 is 27.7 Å². The minimum absolute atomic E-state index is 1.10. The van der Waals surface area contributed by atoms with E-state index >= 15 is 0 Å². The van der Waals surface area contributed by atoms with Crippen molar-refractivity contribution in [3.05, 3.63) is 28.2 Å². The molecule has 0 fully saturated rings. The number of halogens is 1. The lowest BCUT2D eigenvalue weighted by Gasteiger charge is -2.07. The summed E-state index contributed by atoms with van der Waals surface area (Å²) in [5, 5.41) is 0. The fourth-order valence-electron chi connectivity index (χ4n) is 1.17. The van der Waals surface area contributed by atoms with Crippen LogP contribution in [0.25, 0.3) is 0 Å². The smallest absolute Gasteiger partial charge is 0.0218 e. The normalized spacial score (nSPS) is 10.2. The standard InChI is InChI=1S/C10H13BrS/c1-3-8-9(11)6-5-7-10(8)12-4-2/h5-7H,3-4H2,1-2H3. The van der Waals surface area contributed by atoms with Gasteiger partial charge in [0.25, 0.3) is 0 Å². The first kappa shape index (κ1) is 10.1. The highest BCUT2D eigenvalue weighted by Gasteiger charge is 2.03. The zero-order valence-corrected chi connectivity index (χ0v) is 9.83. The van der Waals surface area contributed by atoms with Crippen LogP contribution in [0.4, 0.5) is 0 Å². The molecule has 0 N–H and O–H groups in total. The highest BCUT2D eigenvalue weighted by atomic mass is 79.9. The second-order valence-electron chi connectivity index (χ2n) is 2.50. The lowest BCUT2D eigenvalue weighted by Crippen LogP contribution is -1.86. The first-order valence-corrected chi connectivity index (χ1v) is 5.97. The first-order valence-electron chi connectivity index (χ1n) is 4.19. The monoisotopic (exact) mass is 244 g/mol. The van der Waals surface area contributed by atoms with Gasteiger partial charge in [-0.3, -0.25) is 0 Å². The molecule has 66 valence electrons. The van der Waals surface area contributed by atoms with Crippen LogP contribution in [0, 0.1) is 0 Å². The van der Waals surface area contributed by atoms with Crippen molar-refractivity contribution in [3.63, 3.8) is 0 Å². The van der Waals surface area contributed by atoms with Crippen molar-refractivity contribution in [2.45, 2.75) is 25.2 Å². The quantitative estimate of drug-likeness (QED) is 0.722. The van der Waals surface area contributed by atoms with Gasteiger partial charge in [0.05, 0.1) is 0 Å². The molecule has 0 heterocycles. The van der Waals surface area contributed by atoms with E-state index in [1.165, 1.54) is 14.9 Å². The Labute approximate surface area is 86.9 Å². The largest absolute Gasteiger partial charge is 0.126 e. The zero-order chi connectivity index (χ0) is 8.97. The number of rotatable bonds is 3. The van der Waals surface area contributed by atoms with Gasteiger partial charge in [0.2, 0.25) is 0 Å².